The summed E-state index contributed by atoms with van der Waals surface area (Å²) in [6.45, 7) is 4.71. The Morgan fingerprint density at radius 3 is 2.66 bits per heavy atom. The van der Waals surface area contributed by atoms with E-state index in [1.807, 2.05) is 0 Å². The fraction of sp³-hybridized carbons (Fsp3) is 0.375. The number of anilines is 2. The fourth-order valence-electron chi connectivity index (χ4n) is 3.82. The lowest BCUT2D eigenvalue weighted by Crippen LogP contribution is -2.37. The number of alkyl halides is 3. The Hall–Kier alpha value is -3.62. The topological polar surface area (TPSA) is 92.5 Å². The average Bonchev–Trinajstić information content (AvgIpc) is 2.86. The van der Waals surface area contributed by atoms with Crippen molar-refractivity contribution in [1.29, 1.82) is 5.26 Å². The molecule has 0 aliphatic carbocycles. The maximum absolute atomic E-state index is 13.3. The van der Waals surface area contributed by atoms with Crippen molar-refractivity contribution in [2.45, 2.75) is 12.6 Å². The van der Waals surface area contributed by atoms with Gasteiger partial charge in [-0.1, -0.05) is 0 Å². The van der Waals surface area contributed by atoms with E-state index in [0.29, 0.717) is 34.8 Å². The number of halogens is 3. The van der Waals surface area contributed by atoms with E-state index in [4.69, 9.17) is 19.5 Å². The zero-order chi connectivity index (χ0) is 24.8. The molecule has 4 rings (SSSR count). The number of ether oxygens (including phenoxy) is 3. The highest BCUT2D eigenvalue weighted by Gasteiger charge is 2.34. The number of rotatable bonds is 8. The summed E-state index contributed by atoms with van der Waals surface area (Å²) in [7, 11) is 1.51. The van der Waals surface area contributed by atoms with Gasteiger partial charge in [-0.3, -0.25) is 4.90 Å². The molecule has 2 aromatic carbocycles. The van der Waals surface area contributed by atoms with Crippen LogP contribution in [0.15, 0.2) is 36.7 Å². The van der Waals surface area contributed by atoms with Gasteiger partial charge < -0.3 is 19.5 Å². The van der Waals surface area contributed by atoms with E-state index in [1.54, 1.807) is 18.2 Å². The number of methoxy groups -OCH3 is 1. The molecule has 35 heavy (non-hydrogen) atoms. The number of morpholine rings is 1. The average molecular weight is 487 g/mol. The van der Waals surface area contributed by atoms with Crippen LogP contribution in [-0.2, 0) is 10.9 Å². The zero-order valence-corrected chi connectivity index (χ0v) is 19.1. The fourth-order valence-corrected chi connectivity index (χ4v) is 3.82. The number of hydrogen-bond donors (Lipinski definition) is 1. The normalized spacial score (nSPS) is 14.5. The number of hydrogen-bond acceptors (Lipinski definition) is 8. The molecule has 0 saturated carbocycles. The third-order valence-corrected chi connectivity index (χ3v) is 5.61. The molecule has 0 radical (unpaired) electrons. The lowest BCUT2D eigenvalue weighted by molar-refractivity contribution is -0.137. The summed E-state index contributed by atoms with van der Waals surface area (Å²) in [5.74, 6) is 1.27. The predicted octanol–water partition coefficient (Wildman–Crippen LogP) is 4.37. The third kappa shape index (κ3) is 5.90. The van der Waals surface area contributed by atoms with Crippen molar-refractivity contribution in [3.05, 3.63) is 47.8 Å². The van der Waals surface area contributed by atoms with E-state index in [0.717, 1.165) is 51.4 Å². The molecule has 0 atom stereocenters. The molecule has 0 spiro atoms. The van der Waals surface area contributed by atoms with Crippen molar-refractivity contribution in [2.24, 2.45) is 0 Å². The SMILES string of the molecule is COc1cc2c(Nc3ccc(C#N)c(C(F)(F)F)c3)ncnc2cc1OCCCN1CCOCC1. The highest BCUT2D eigenvalue weighted by molar-refractivity contribution is 5.93. The number of aromatic nitrogens is 2. The quantitative estimate of drug-likeness (QED) is 0.468. The second-order valence-corrected chi connectivity index (χ2v) is 7.89. The maximum Gasteiger partial charge on any atom is 0.417 e. The predicted molar refractivity (Wildman–Crippen MR) is 123 cm³/mol. The summed E-state index contributed by atoms with van der Waals surface area (Å²) in [5.41, 5.74) is -0.795. The lowest BCUT2D eigenvalue weighted by atomic mass is 10.1. The molecule has 1 saturated heterocycles. The molecule has 2 heterocycles. The summed E-state index contributed by atoms with van der Waals surface area (Å²) in [6, 6.07) is 8.37. The van der Waals surface area contributed by atoms with Gasteiger partial charge in [0.05, 0.1) is 49.6 Å². The Morgan fingerprint density at radius 1 is 1.14 bits per heavy atom. The molecule has 1 aliphatic rings. The summed E-state index contributed by atoms with van der Waals surface area (Å²) >= 11 is 0. The molecule has 3 aromatic rings. The largest absolute Gasteiger partial charge is 0.493 e. The summed E-state index contributed by atoms with van der Waals surface area (Å²) in [5, 5.41) is 12.4. The standard InChI is InChI=1S/C24H24F3N5O3/c1-33-21-12-18-20(13-22(21)35-8-2-5-32-6-9-34-10-7-32)29-15-30-23(18)31-17-4-3-16(14-28)19(11-17)24(25,26)27/h3-4,11-13,15H,2,5-10H2,1H3,(H,29,30,31). The van der Waals surface area contributed by atoms with E-state index in [1.165, 1.54) is 19.5 Å². The maximum atomic E-state index is 13.3. The van der Waals surface area contributed by atoms with E-state index in [-0.39, 0.29) is 5.69 Å². The molecular formula is C24H24F3N5O3. The number of benzene rings is 2. The number of nitrogens with one attached hydrogen (secondary N) is 1. The van der Waals surface area contributed by atoms with Gasteiger partial charge in [0.15, 0.2) is 11.5 Å². The monoisotopic (exact) mass is 487 g/mol. The zero-order valence-electron chi connectivity index (χ0n) is 19.1. The van der Waals surface area contributed by atoms with Gasteiger partial charge in [-0.2, -0.15) is 18.4 Å². The Bertz CT molecular complexity index is 1220. The number of nitrogens with zero attached hydrogens (tertiary/aromatic N) is 4. The minimum atomic E-state index is -4.66. The van der Waals surface area contributed by atoms with Crippen LogP contribution in [0.2, 0.25) is 0 Å². The van der Waals surface area contributed by atoms with Crippen molar-refractivity contribution < 1.29 is 27.4 Å². The van der Waals surface area contributed by atoms with Crippen LogP contribution in [0.1, 0.15) is 17.5 Å². The van der Waals surface area contributed by atoms with Crippen molar-refractivity contribution >= 4 is 22.4 Å². The van der Waals surface area contributed by atoms with E-state index in [9.17, 15) is 13.2 Å². The van der Waals surface area contributed by atoms with E-state index < -0.39 is 17.3 Å². The van der Waals surface area contributed by atoms with Crippen LogP contribution in [0.4, 0.5) is 24.7 Å². The molecule has 0 unspecified atom stereocenters. The smallest absolute Gasteiger partial charge is 0.417 e. The number of fused-ring (bicyclic) bond motifs is 1. The van der Waals surface area contributed by atoms with Crippen LogP contribution >= 0.6 is 0 Å². The van der Waals surface area contributed by atoms with Gasteiger partial charge in [0.2, 0.25) is 0 Å². The molecule has 184 valence electrons. The minimum Gasteiger partial charge on any atom is -0.493 e. The van der Waals surface area contributed by atoms with Gasteiger partial charge >= 0.3 is 6.18 Å². The van der Waals surface area contributed by atoms with E-state index >= 15 is 0 Å². The highest BCUT2D eigenvalue weighted by Crippen LogP contribution is 2.37. The first kappa shape index (κ1) is 24.5. The van der Waals surface area contributed by atoms with Crippen LogP contribution < -0.4 is 14.8 Å². The summed E-state index contributed by atoms with van der Waals surface area (Å²) in [6.07, 6.45) is -2.51. The summed E-state index contributed by atoms with van der Waals surface area (Å²) in [4.78, 5) is 10.8. The van der Waals surface area contributed by atoms with Gasteiger partial charge in [-0.15, -0.1) is 0 Å². The minimum absolute atomic E-state index is 0.138. The third-order valence-electron chi connectivity index (χ3n) is 5.61. The first-order valence-electron chi connectivity index (χ1n) is 11.0. The molecule has 8 nitrogen and oxygen atoms in total. The lowest BCUT2D eigenvalue weighted by Gasteiger charge is -2.26. The van der Waals surface area contributed by atoms with Gasteiger partial charge in [-0.25, -0.2) is 9.97 Å². The van der Waals surface area contributed by atoms with Crippen molar-refractivity contribution in [1.82, 2.24) is 14.9 Å². The van der Waals surface area contributed by atoms with E-state index in [2.05, 4.69) is 20.2 Å². The van der Waals surface area contributed by atoms with Gasteiger partial charge in [0, 0.05) is 36.8 Å². The van der Waals surface area contributed by atoms with Crippen molar-refractivity contribution in [2.75, 3.05) is 51.9 Å². The van der Waals surface area contributed by atoms with Gasteiger partial charge in [-0.05, 0) is 30.7 Å². The molecule has 1 aliphatic heterocycles. The van der Waals surface area contributed by atoms with Crippen LogP contribution in [0.3, 0.4) is 0 Å². The molecule has 1 aromatic heterocycles. The van der Waals surface area contributed by atoms with Crippen LogP contribution in [0, 0.1) is 11.3 Å². The summed E-state index contributed by atoms with van der Waals surface area (Å²) < 4.78 is 56.8. The Kier molecular flexibility index (Phi) is 7.53. The van der Waals surface area contributed by atoms with Gasteiger partial charge in [0.25, 0.3) is 0 Å². The van der Waals surface area contributed by atoms with Crippen molar-refractivity contribution in [3.63, 3.8) is 0 Å². The Labute approximate surface area is 200 Å². The molecule has 1 N–H and O–H groups in total. The Balaban J connectivity index is 1.53. The number of nitriles is 1. The van der Waals surface area contributed by atoms with Crippen LogP contribution in [0.5, 0.6) is 11.5 Å². The molecule has 11 heteroatoms. The van der Waals surface area contributed by atoms with Crippen molar-refractivity contribution in [3.8, 4) is 17.6 Å². The molecule has 1 fully saturated rings. The molecular weight excluding hydrogens is 463 g/mol. The molecule has 0 bridgehead atoms. The highest BCUT2D eigenvalue weighted by atomic mass is 19.4. The molecule has 0 amide bonds. The second-order valence-electron chi connectivity index (χ2n) is 7.89. The second kappa shape index (κ2) is 10.8. The first-order chi connectivity index (χ1) is 16.9. The first-order valence-corrected chi connectivity index (χ1v) is 11.0. The van der Waals surface area contributed by atoms with Crippen LogP contribution in [-0.4, -0.2) is 61.4 Å². The van der Waals surface area contributed by atoms with Crippen LogP contribution in [0.25, 0.3) is 10.9 Å². The van der Waals surface area contributed by atoms with Gasteiger partial charge in [0.1, 0.15) is 12.1 Å². The Morgan fingerprint density at radius 2 is 1.94 bits per heavy atom.